The molecule has 0 aliphatic heterocycles. The Balaban J connectivity index is 1.86. The first-order valence-electron chi connectivity index (χ1n) is 7.13. The first kappa shape index (κ1) is 16.2. The molecule has 118 valence electrons. The number of aryl methyl sites for hydroxylation is 2. The molecule has 0 spiro atoms. The van der Waals surface area contributed by atoms with Crippen LogP contribution in [-0.4, -0.2) is 15.5 Å². The standard InChI is InChI=1S/C17H15Br2N3O/c1-10-7-12(18)17(13(19)8-10)21-16(23)9-22-11(2)20-14-5-3-4-6-15(14)22/h3-8H,9H2,1-2H3,(H,21,23). The molecule has 0 aliphatic carbocycles. The predicted molar refractivity (Wildman–Crippen MR) is 99.7 cm³/mol. The lowest BCUT2D eigenvalue weighted by atomic mass is 10.2. The summed E-state index contributed by atoms with van der Waals surface area (Å²) in [6, 6.07) is 11.8. The highest BCUT2D eigenvalue weighted by Crippen LogP contribution is 2.32. The van der Waals surface area contributed by atoms with Crippen LogP contribution in [0.5, 0.6) is 0 Å². The van der Waals surface area contributed by atoms with Gasteiger partial charge in [0.25, 0.3) is 0 Å². The molecule has 0 saturated heterocycles. The number of imidazole rings is 1. The number of nitrogens with zero attached hydrogens (tertiary/aromatic N) is 2. The molecule has 4 nitrogen and oxygen atoms in total. The fourth-order valence-electron chi connectivity index (χ4n) is 2.54. The van der Waals surface area contributed by atoms with E-state index in [1.807, 2.05) is 54.8 Å². The zero-order chi connectivity index (χ0) is 16.6. The third kappa shape index (κ3) is 3.33. The number of fused-ring (bicyclic) bond motifs is 1. The van der Waals surface area contributed by atoms with Crippen molar-refractivity contribution in [2.45, 2.75) is 20.4 Å². The van der Waals surface area contributed by atoms with Crippen molar-refractivity contribution in [3.8, 4) is 0 Å². The van der Waals surface area contributed by atoms with Crippen LogP contribution in [0.2, 0.25) is 0 Å². The number of aromatic nitrogens is 2. The number of hydrogen-bond donors (Lipinski definition) is 1. The molecule has 3 rings (SSSR count). The van der Waals surface area contributed by atoms with Crippen molar-refractivity contribution in [2.75, 3.05) is 5.32 Å². The largest absolute Gasteiger partial charge is 0.323 e. The SMILES string of the molecule is Cc1cc(Br)c(NC(=O)Cn2c(C)nc3ccccc32)c(Br)c1. The van der Waals surface area contributed by atoms with E-state index in [0.717, 1.165) is 37.1 Å². The lowest BCUT2D eigenvalue weighted by Gasteiger charge is -2.12. The van der Waals surface area contributed by atoms with Crippen molar-refractivity contribution in [3.63, 3.8) is 0 Å². The fourth-order valence-corrected chi connectivity index (χ4v) is 4.15. The van der Waals surface area contributed by atoms with Gasteiger partial charge in [-0.3, -0.25) is 4.79 Å². The van der Waals surface area contributed by atoms with Gasteiger partial charge in [0, 0.05) is 8.95 Å². The van der Waals surface area contributed by atoms with Crippen molar-refractivity contribution in [3.05, 3.63) is 56.7 Å². The number of rotatable bonds is 3. The Hall–Kier alpha value is -1.66. The smallest absolute Gasteiger partial charge is 0.244 e. The maximum absolute atomic E-state index is 12.5. The van der Waals surface area contributed by atoms with E-state index in [1.165, 1.54) is 0 Å². The van der Waals surface area contributed by atoms with Crippen molar-refractivity contribution in [1.29, 1.82) is 0 Å². The van der Waals surface area contributed by atoms with Crippen LogP contribution in [0, 0.1) is 13.8 Å². The van der Waals surface area contributed by atoms with Gasteiger partial charge < -0.3 is 9.88 Å². The summed E-state index contributed by atoms with van der Waals surface area (Å²) in [5, 5.41) is 2.95. The average molecular weight is 437 g/mol. The first-order chi connectivity index (χ1) is 11.0. The van der Waals surface area contributed by atoms with Gasteiger partial charge in [-0.15, -0.1) is 0 Å². The van der Waals surface area contributed by atoms with Crippen molar-refractivity contribution in [2.24, 2.45) is 0 Å². The molecule has 23 heavy (non-hydrogen) atoms. The minimum absolute atomic E-state index is 0.0958. The van der Waals surface area contributed by atoms with Crippen LogP contribution in [0.3, 0.4) is 0 Å². The van der Waals surface area contributed by atoms with E-state index in [0.29, 0.717) is 0 Å². The van der Waals surface area contributed by atoms with Gasteiger partial charge in [0.1, 0.15) is 12.4 Å². The second-order valence-electron chi connectivity index (χ2n) is 5.39. The van der Waals surface area contributed by atoms with E-state index in [1.54, 1.807) is 0 Å². The summed E-state index contributed by atoms with van der Waals surface area (Å²) in [7, 11) is 0. The molecule has 6 heteroatoms. The van der Waals surface area contributed by atoms with E-state index >= 15 is 0 Å². The van der Waals surface area contributed by atoms with E-state index in [4.69, 9.17) is 0 Å². The minimum Gasteiger partial charge on any atom is -0.323 e. The second kappa shape index (κ2) is 6.45. The second-order valence-corrected chi connectivity index (χ2v) is 7.09. The fraction of sp³-hybridized carbons (Fsp3) is 0.176. The first-order valence-corrected chi connectivity index (χ1v) is 8.71. The molecule has 0 atom stereocenters. The van der Waals surface area contributed by atoms with Crippen molar-refractivity contribution < 1.29 is 4.79 Å². The number of carbonyl (C=O) groups excluding carboxylic acids is 1. The van der Waals surface area contributed by atoms with Gasteiger partial charge >= 0.3 is 0 Å². The highest BCUT2D eigenvalue weighted by molar-refractivity contribution is 9.11. The lowest BCUT2D eigenvalue weighted by Crippen LogP contribution is -2.20. The summed E-state index contributed by atoms with van der Waals surface area (Å²) in [5.74, 6) is 0.727. The van der Waals surface area contributed by atoms with Crippen LogP contribution in [0.15, 0.2) is 45.3 Å². The molecule has 0 bridgehead atoms. The number of benzene rings is 2. The van der Waals surface area contributed by atoms with E-state index in [-0.39, 0.29) is 12.5 Å². The Morgan fingerprint density at radius 1 is 1.17 bits per heavy atom. The number of nitrogens with one attached hydrogen (secondary N) is 1. The van der Waals surface area contributed by atoms with Crippen LogP contribution in [0.4, 0.5) is 5.69 Å². The number of carbonyl (C=O) groups is 1. The van der Waals surface area contributed by atoms with Gasteiger partial charge in [0.05, 0.1) is 16.7 Å². The van der Waals surface area contributed by atoms with Crippen LogP contribution in [0.1, 0.15) is 11.4 Å². The molecule has 1 N–H and O–H groups in total. The zero-order valence-electron chi connectivity index (χ0n) is 12.7. The van der Waals surface area contributed by atoms with Gasteiger partial charge in [-0.1, -0.05) is 12.1 Å². The summed E-state index contributed by atoms with van der Waals surface area (Å²) < 4.78 is 3.62. The predicted octanol–water partition coefficient (Wildman–Crippen LogP) is 4.82. The van der Waals surface area contributed by atoms with Crippen molar-refractivity contribution in [1.82, 2.24) is 9.55 Å². The van der Waals surface area contributed by atoms with Gasteiger partial charge in [-0.25, -0.2) is 4.98 Å². The zero-order valence-corrected chi connectivity index (χ0v) is 15.9. The molecule has 0 radical (unpaired) electrons. The molecule has 1 heterocycles. The monoisotopic (exact) mass is 435 g/mol. The Morgan fingerprint density at radius 3 is 2.52 bits per heavy atom. The van der Waals surface area contributed by atoms with Crippen LogP contribution >= 0.6 is 31.9 Å². The molecular formula is C17H15Br2N3O. The molecule has 1 amide bonds. The third-order valence-corrected chi connectivity index (χ3v) is 4.85. The molecule has 1 aromatic heterocycles. The highest BCUT2D eigenvalue weighted by Gasteiger charge is 2.13. The number of anilines is 1. The maximum atomic E-state index is 12.5. The quantitative estimate of drug-likeness (QED) is 0.639. The summed E-state index contributed by atoms with van der Waals surface area (Å²) in [6.07, 6.45) is 0. The number of halogens is 2. The van der Waals surface area contributed by atoms with Gasteiger partial charge in [0.15, 0.2) is 0 Å². The van der Waals surface area contributed by atoms with Gasteiger partial charge in [-0.05, 0) is 75.5 Å². The van der Waals surface area contributed by atoms with Crippen molar-refractivity contribution >= 4 is 54.5 Å². The van der Waals surface area contributed by atoms with Crippen LogP contribution in [0.25, 0.3) is 11.0 Å². The summed E-state index contributed by atoms with van der Waals surface area (Å²) in [4.78, 5) is 16.9. The Bertz CT molecular complexity index is 879. The van der Waals surface area contributed by atoms with Crippen LogP contribution in [-0.2, 0) is 11.3 Å². The van der Waals surface area contributed by atoms with Crippen LogP contribution < -0.4 is 5.32 Å². The normalized spacial score (nSPS) is 11.0. The summed E-state index contributed by atoms with van der Waals surface area (Å²) >= 11 is 6.99. The summed E-state index contributed by atoms with van der Waals surface area (Å²) in [5.41, 5.74) is 3.71. The molecule has 0 saturated carbocycles. The van der Waals surface area contributed by atoms with Gasteiger partial charge in [0.2, 0.25) is 5.91 Å². The average Bonchev–Trinajstić information content (AvgIpc) is 2.79. The summed E-state index contributed by atoms with van der Waals surface area (Å²) in [6.45, 7) is 4.13. The number of amides is 1. The third-order valence-electron chi connectivity index (χ3n) is 3.60. The number of para-hydroxylation sites is 2. The topological polar surface area (TPSA) is 46.9 Å². The molecule has 0 aliphatic rings. The van der Waals surface area contributed by atoms with E-state index in [2.05, 4.69) is 42.2 Å². The van der Waals surface area contributed by atoms with E-state index in [9.17, 15) is 4.79 Å². The Labute approximate surface area is 151 Å². The highest BCUT2D eigenvalue weighted by atomic mass is 79.9. The lowest BCUT2D eigenvalue weighted by molar-refractivity contribution is -0.116. The molecule has 2 aromatic carbocycles. The molecule has 0 fully saturated rings. The minimum atomic E-state index is -0.0958. The molecule has 0 unspecified atom stereocenters. The Kier molecular flexibility index (Phi) is 4.55. The van der Waals surface area contributed by atoms with Gasteiger partial charge in [-0.2, -0.15) is 0 Å². The number of hydrogen-bond acceptors (Lipinski definition) is 2. The maximum Gasteiger partial charge on any atom is 0.244 e. The van der Waals surface area contributed by atoms with E-state index < -0.39 is 0 Å². The molecular weight excluding hydrogens is 422 g/mol. The Morgan fingerprint density at radius 2 is 1.83 bits per heavy atom. The molecule has 3 aromatic rings.